The second kappa shape index (κ2) is 5.80. The van der Waals surface area contributed by atoms with E-state index >= 15 is 0 Å². The molecule has 0 saturated carbocycles. The summed E-state index contributed by atoms with van der Waals surface area (Å²) in [5.74, 6) is -0.249. The molecule has 4 heteroatoms. The maximum atomic E-state index is 13.5. The largest absolute Gasteiger partial charge is 0.366 e. The lowest BCUT2D eigenvalue weighted by atomic mass is 9.94. The minimum atomic E-state index is -0.538. The Bertz CT molecular complexity index is 445. The smallest absolute Gasteiger partial charge is 0.162 e. The number of hydrogen-bond donors (Lipinski definition) is 0. The Morgan fingerprint density at radius 1 is 1.25 bits per heavy atom. The molecule has 0 aliphatic carbocycles. The van der Waals surface area contributed by atoms with Gasteiger partial charge in [0.15, 0.2) is 6.29 Å². The van der Waals surface area contributed by atoms with Crippen molar-refractivity contribution in [2.24, 2.45) is 5.41 Å². The van der Waals surface area contributed by atoms with E-state index in [2.05, 4.69) is 20.8 Å². The molecule has 20 heavy (non-hydrogen) atoms. The zero-order valence-electron chi connectivity index (χ0n) is 12.6. The Morgan fingerprint density at radius 2 is 1.85 bits per heavy atom. The van der Waals surface area contributed by atoms with Crippen molar-refractivity contribution in [2.45, 2.75) is 46.2 Å². The normalized spacial score (nSPS) is 27.6. The maximum absolute atomic E-state index is 13.5. The number of halogens is 1. The predicted molar refractivity (Wildman–Crippen MR) is 74.7 cm³/mol. The van der Waals surface area contributed by atoms with Crippen molar-refractivity contribution >= 4 is 0 Å². The van der Waals surface area contributed by atoms with E-state index in [1.165, 1.54) is 6.07 Å². The fraction of sp³-hybridized carbons (Fsp3) is 0.625. The molecule has 1 heterocycles. The monoisotopic (exact) mass is 282 g/mol. The van der Waals surface area contributed by atoms with Crippen molar-refractivity contribution in [1.29, 1.82) is 0 Å². The number of hydrogen-bond acceptors (Lipinski definition) is 3. The Hall–Kier alpha value is -0.970. The van der Waals surface area contributed by atoms with Crippen LogP contribution in [-0.4, -0.2) is 25.1 Å². The first-order chi connectivity index (χ1) is 9.30. The van der Waals surface area contributed by atoms with Crippen LogP contribution in [0.4, 0.5) is 4.39 Å². The van der Waals surface area contributed by atoms with Gasteiger partial charge in [-0.1, -0.05) is 39.0 Å². The molecule has 3 nitrogen and oxygen atoms in total. The Morgan fingerprint density at radius 3 is 2.40 bits per heavy atom. The quantitative estimate of drug-likeness (QED) is 0.849. The molecule has 0 bridgehead atoms. The third kappa shape index (κ3) is 3.78. The highest BCUT2D eigenvalue weighted by Gasteiger charge is 2.38. The highest BCUT2D eigenvalue weighted by Crippen LogP contribution is 2.30. The van der Waals surface area contributed by atoms with Crippen molar-refractivity contribution in [3.8, 4) is 0 Å². The van der Waals surface area contributed by atoms with E-state index in [0.29, 0.717) is 18.8 Å². The lowest BCUT2D eigenvalue weighted by Crippen LogP contribution is -2.50. The average Bonchev–Trinajstić information content (AvgIpc) is 2.37. The van der Waals surface area contributed by atoms with Crippen molar-refractivity contribution in [1.82, 2.24) is 0 Å². The third-order valence-electron chi connectivity index (χ3n) is 3.32. The molecular formula is C16H23FO3. The first kappa shape index (κ1) is 15.4. The van der Waals surface area contributed by atoms with Gasteiger partial charge in [0.05, 0.1) is 19.8 Å². The van der Waals surface area contributed by atoms with Crippen LogP contribution in [0.5, 0.6) is 0 Å². The molecule has 0 radical (unpaired) electrons. The SMILES string of the molecule is CC(C)(C)[C@H]1OC[C@@](C)(OCc2ccccc2F)CO1. The second-order valence-electron chi connectivity index (χ2n) is 6.65. The van der Waals surface area contributed by atoms with Crippen molar-refractivity contribution < 1.29 is 18.6 Å². The average molecular weight is 282 g/mol. The van der Waals surface area contributed by atoms with E-state index in [1.807, 2.05) is 6.92 Å². The molecule has 0 aromatic heterocycles. The molecule has 0 amide bonds. The number of ether oxygens (including phenoxy) is 3. The van der Waals surface area contributed by atoms with Crippen LogP contribution in [0.1, 0.15) is 33.3 Å². The van der Waals surface area contributed by atoms with Crippen LogP contribution in [0.25, 0.3) is 0 Å². The van der Waals surface area contributed by atoms with Gasteiger partial charge in [0.2, 0.25) is 0 Å². The topological polar surface area (TPSA) is 27.7 Å². The Balaban J connectivity index is 1.90. The number of rotatable bonds is 3. The van der Waals surface area contributed by atoms with Gasteiger partial charge in [0, 0.05) is 11.0 Å². The first-order valence-corrected chi connectivity index (χ1v) is 6.91. The molecule has 1 aromatic rings. The third-order valence-corrected chi connectivity index (χ3v) is 3.32. The molecule has 0 spiro atoms. The summed E-state index contributed by atoms with van der Waals surface area (Å²) in [7, 11) is 0. The summed E-state index contributed by atoms with van der Waals surface area (Å²) in [6.07, 6.45) is -0.229. The molecule has 1 fully saturated rings. The summed E-state index contributed by atoms with van der Waals surface area (Å²) in [4.78, 5) is 0. The molecular weight excluding hydrogens is 259 g/mol. The van der Waals surface area contributed by atoms with Gasteiger partial charge in [-0.05, 0) is 13.0 Å². The van der Waals surface area contributed by atoms with Gasteiger partial charge >= 0.3 is 0 Å². The van der Waals surface area contributed by atoms with Crippen LogP contribution < -0.4 is 0 Å². The molecule has 1 aromatic carbocycles. The minimum absolute atomic E-state index is 0.0626. The van der Waals surface area contributed by atoms with Crippen molar-refractivity contribution in [3.05, 3.63) is 35.6 Å². The Labute approximate surface area is 120 Å². The molecule has 0 unspecified atom stereocenters. The highest BCUT2D eigenvalue weighted by molar-refractivity contribution is 5.16. The fourth-order valence-electron chi connectivity index (χ4n) is 2.04. The lowest BCUT2D eigenvalue weighted by Gasteiger charge is -2.41. The standard InChI is InChI=1S/C16H23FO3/c1-15(2,3)14-18-10-16(4,11-19-14)20-9-12-7-5-6-8-13(12)17/h5-8,14H,9-11H2,1-4H3/t14-,16+. The number of benzene rings is 1. The zero-order valence-corrected chi connectivity index (χ0v) is 12.6. The molecule has 1 aliphatic rings. The molecule has 112 valence electrons. The molecule has 0 N–H and O–H groups in total. The van der Waals surface area contributed by atoms with E-state index in [0.717, 1.165) is 0 Å². The van der Waals surface area contributed by atoms with Gasteiger partial charge in [0.1, 0.15) is 11.4 Å². The lowest BCUT2D eigenvalue weighted by molar-refractivity contribution is -0.290. The Kier molecular flexibility index (Phi) is 4.47. The molecule has 1 aliphatic heterocycles. The second-order valence-corrected chi connectivity index (χ2v) is 6.65. The molecule has 2 rings (SSSR count). The van der Waals surface area contributed by atoms with Gasteiger partial charge in [-0.25, -0.2) is 4.39 Å². The molecule has 1 saturated heterocycles. The molecule has 0 atom stereocenters. The summed E-state index contributed by atoms with van der Waals surface area (Å²) >= 11 is 0. The van der Waals surface area contributed by atoms with Crippen molar-refractivity contribution in [3.63, 3.8) is 0 Å². The van der Waals surface area contributed by atoms with Gasteiger partial charge in [-0.2, -0.15) is 0 Å². The summed E-state index contributed by atoms with van der Waals surface area (Å²) in [6, 6.07) is 6.63. The van der Waals surface area contributed by atoms with E-state index in [1.54, 1.807) is 18.2 Å². The predicted octanol–water partition coefficient (Wildman–Crippen LogP) is 3.52. The summed E-state index contributed by atoms with van der Waals surface area (Å²) < 4.78 is 30.8. The van der Waals surface area contributed by atoms with Gasteiger partial charge in [-0.15, -0.1) is 0 Å². The maximum Gasteiger partial charge on any atom is 0.162 e. The van der Waals surface area contributed by atoms with Gasteiger partial charge < -0.3 is 14.2 Å². The van der Waals surface area contributed by atoms with Crippen LogP contribution in [0.15, 0.2) is 24.3 Å². The first-order valence-electron chi connectivity index (χ1n) is 6.91. The fourth-order valence-corrected chi connectivity index (χ4v) is 2.04. The van der Waals surface area contributed by atoms with E-state index in [9.17, 15) is 4.39 Å². The van der Waals surface area contributed by atoms with Crippen molar-refractivity contribution in [2.75, 3.05) is 13.2 Å². The van der Waals surface area contributed by atoms with Gasteiger partial charge in [-0.3, -0.25) is 0 Å². The summed E-state index contributed by atoms with van der Waals surface area (Å²) in [6.45, 7) is 9.25. The minimum Gasteiger partial charge on any atom is -0.366 e. The zero-order chi connectivity index (χ0) is 14.8. The van der Waals surface area contributed by atoms with Crippen LogP contribution in [0.2, 0.25) is 0 Å². The van der Waals surface area contributed by atoms with Crippen LogP contribution in [-0.2, 0) is 20.8 Å². The van der Waals surface area contributed by atoms with Crippen LogP contribution in [0.3, 0.4) is 0 Å². The van der Waals surface area contributed by atoms with E-state index < -0.39 is 5.60 Å². The van der Waals surface area contributed by atoms with Crippen LogP contribution >= 0.6 is 0 Å². The summed E-state index contributed by atoms with van der Waals surface area (Å²) in [5, 5.41) is 0. The summed E-state index contributed by atoms with van der Waals surface area (Å²) in [5.41, 5.74) is -0.0525. The highest BCUT2D eigenvalue weighted by atomic mass is 19.1. The van der Waals surface area contributed by atoms with Crippen LogP contribution in [0, 0.1) is 11.2 Å². The van der Waals surface area contributed by atoms with Gasteiger partial charge in [0.25, 0.3) is 0 Å². The van der Waals surface area contributed by atoms with E-state index in [-0.39, 0.29) is 24.1 Å². The van der Waals surface area contributed by atoms with E-state index in [4.69, 9.17) is 14.2 Å².